The second-order valence-corrected chi connectivity index (χ2v) is 11.6. The molecule has 118 valence electrons. The Bertz CT molecular complexity index is 510. The van der Waals surface area contributed by atoms with Gasteiger partial charge in [0.2, 0.25) is 6.41 Å². The zero-order valence-corrected chi connectivity index (χ0v) is 15.7. The number of aryl methyl sites for hydroxylation is 1. The molecule has 1 rings (SSSR count). The average molecular weight is 346 g/mol. The van der Waals surface area contributed by atoms with E-state index >= 15 is 0 Å². The Hall–Kier alpha value is -0.420. The summed E-state index contributed by atoms with van der Waals surface area (Å²) in [6.07, 6.45) is 1.55. The van der Waals surface area contributed by atoms with Crippen LogP contribution in [-0.2, 0) is 9.36 Å². The van der Waals surface area contributed by atoms with Gasteiger partial charge < -0.3 is 0 Å². The SMILES string of the molecule is CCC(C)SP(=O)(N(C)C=O)N(C)Sc1ccc(C)cc1. The van der Waals surface area contributed by atoms with E-state index in [2.05, 4.69) is 6.92 Å². The van der Waals surface area contributed by atoms with Gasteiger partial charge in [-0.2, -0.15) is 4.08 Å². The van der Waals surface area contributed by atoms with Crippen LogP contribution in [0, 0.1) is 6.92 Å². The number of benzene rings is 1. The lowest BCUT2D eigenvalue weighted by Gasteiger charge is -2.32. The highest BCUT2D eigenvalue weighted by molar-refractivity contribution is 8.58. The quantitative estimate of drug-likeness (QED) is 0.389. The summed E-state index contributed by atoms with van der Waals surface area (Å²) in [5, 5.41) is 0.222. The van der Waals surface area contributed by atoms with E-state index in [0.717, 1.165) is 11.3 Å². The maximum Gasteiger partial charge on any atom is 0.306 e. The lowest BCUT2D eigenvalue weighted by atomic mass is 10.2. The average Bonchev–Trinajstić information content (AvgIpc) is 2.48. The molecule has 0 N–H and O–H groups in total. The molecule has 0 aliphatic carbocycles. The van der Waals surface area contributed by atoms with Gasteiger partial charge in [-0.05, 0) is 37.4 Å². The topological polar surface area (TPSA) is 40.6 Å². The van der Waals surface area contributed by atoms with Crippen molar-refractivity contribution in [2.75, 3.05) is 14.1 Å². The highest BCUT2D eigenvalue weighted by atomic mass is 32.7. The standard InChI is InChI=1S/C14H23N2O2PS2/c1-6-13(3)21-19(18,15(4)11-17)16(5)20-14-9-7-12(2)8-10-14/h7-11,13H,6H2,1-5H3. The normalized spacial score (nSPS) is 15.5. The van der Waals surface area contributed by atoms with Gasteiger partial charge >= 0.3 is 6.65 Å². The van der Waals surface area contributed by atoms with Crippen LogP contribution in [0.3, 0.4) is 0 Å². The fourth-order valence-corrected chi connectivity index (χ4v) is 7.99. The van der Waals surface area contributed by atoms with Crippen LogP contribution in [0.15, 0.2) is 29.2 Å². The largest absolute Gasteiger partial charge is 0.306 e. The summed E-state index contributed by atoms with van der Waals surface area (Å²) >= 11 is 2.77. The van der Waals surface area contributed by atoms with Crippen LogP contribution in [0.4, 0.5) is 0 Å². The molecule has 0 fully saturated rings. The molecule has 0 spiro atoms. The molecule has 0 bridgehead atoms. The van der Waals surface area contributed by atoms with Gasteiger partial charge in [-0.25, -0.2) is 0 Å². The van der Waals surface area contributed by atoms with Crippen LogP contribution in [-0.4, -0.2) is 34.5 Å². The number of carbonyl (C=O) groups is 1. The summed E-state index contributed by atoms with van der Waals surface area (Å²) in [7, 11) is 3.36. The monoisotopic (exact) mass is 346 g/mol. The van der Waals surface area contributed by atoms with Gasteiger partial charge in [0.1, 0.15) is 0 Å². The minimum Gasteiger partial charge on any atom is -0.278 e. The minimum atomic E-state index is -2.97. The van der Waals surface area contributed by atoms with Crippen molar-refractivity contribution in [3.05, 3.63) is 29.8 Å². The van der Waals surface area contributed by atoms with Crippen molar-refractivity contribution in [2.45, 2.75) is 37.3 Å². The Morgan fingerprint density at radius 2 is 1.86 bits per heavy atom. The fourth-order valence-electron chi connectivity index (χ4n) is 1.51. The number of hydrogen-bond donors (Lipinski definition) is 0. The molecule has 0 saturated carbocycles. The Morgan fingerprint density at radius 3 is 2.33 bits per heavy atom. The predicted molar refractivity (Wildman–Crippen MR) is 93.6 cm³/mol. The first-order valence-corrected chi connectivity index (χ1v) is 10.7. The van der Waals surface area contributed by atoms with Crippen LogP contribution < -0.4 is 0 Å². The van der Waals surface area contributed by atoms with Gasteiger partial charge in [0, 0.05) is 24.2 Å². The molecule has 0 aliphatic rings. The van der Waals surface area contributed by atoms with Crippen molar-refractivity contribution in [3.8, 4) is 0 Å². The highest BCUT2D eigenvalue weighted by Gasteiger charge is 2.35. The summed E-state index contributed by atoms with van der Waals surface area (Å²) in [6.45, 7) is 3.14. The van der Waals surface area contributed by atoms with E-state index in [1.807, 2.05) is 38.1 Å². The summed E-state index contributed by atoms with van der Waals surface area (Å²) < 4.78 is 16.3. The molecular formula is C14H23N2O2PS2. The van der Waals surface area contributed by atoms with Crippen molar-refractivity contribution >= 4 is 36.4 Å². The Kier molecular flexibility index (Phi) is 7.34. The molecule has 21 heavy (non-hydrogen) atoms. The zero-order valence-electron chi connectivity index (χ0n) is 13.1. The van der Waals surface area contributed by atoms with E-state index in [1.54, 1.807) is 18.2 Å². The van der Waals surface area contributed by atoms with E-state index in [0.29, 0.717) is 6.41 Å². The predicted octanol–water partition coefficient (Wildman–Crippen LogP) is 4.66. The lowest BCUT2D eigenvalue weighted by molar-refractivity contribution is -0.113. The van der Waals surface area contributed by atoms with E-state index in [1.165, 1.54) is 33.6 Å². The lowest BCUT2D eigenvalue weighted by Crippen LogP contribution is -2.21. The number of nitrogens with zero attached hydrogens (tertiary/aromatic N) is 2. The highest BCUT2D eigenvalue weighted by Crippen LogP contribution is 2.67. The van der Waals surface area contributed by atoms with Gasteiger partial charge in [0.15, 0.2) is 0 Å². The third-order valence-corrected chi connectivity index (χ3v) is 11.0. The molecule has 2 atom stereocenters. The van der Waals surface area contributed by atoms with E-state index in [-0.39, 0.29) is 5.25 Å². The molecule has 0 aliphatic heterocycles. The number of rotatable bonds is 8. The maximum absolute atomic E-state index is 13.2. The van der Waals surface area contributed by atoms with E-state index in [9.17, 15) is 9.36 Å². The van der Waals surface area contributed by atoms with Gasteiger partial charge in [-0.3, -0.25) is 14.0 Å². The Balaban J connectivity index is 2.94. The summed E-state index contributed by atoms with van der Waals surface area (Å²) in [5.74, 6) is 0. The molecule has 0 saturated heterocycles. The third-order valence-electron chi connectivity index (χ3n) is 3.06. The Morgan fingerprint density at radius 1 is 1.29 bits per heavy atom. The fraction of sp³-hybridized carbons (Fsp3) is 0.500. The Labute approximate surface area is 136 Å². The first-order chi connectivity index (χ1) is 9.83. The van der Waals surface area contributed by atoms with Crippen LogP contribution in [0.5, 0.6) is 0 Å². The molecule has 7 heteroatoms. The van der Waals surface area contributed by atoms with Crippen LogP contribution in [0.1, 0.15) is 25.8 Å². The van der Waals surface area contributed by atoms with Gasteiger partial charge in [-0.1, -0.05) is 42.9 Å². The molecule has 0 radical (unpaired) electrons. The van der Waals surface area contributed by atoms with Crippen molar-refractivity contribution < 1.29 is 9.36 Å². The first-order valence-electron chi connectivity index (χ1n) is 6.79. The van der Waals surface area contributed by atoms with Crippen molar-refractivity contribution in [3.63, 3.8) is 0 Å². The van der Waals surface area contributed by atoms with Gasteiger partial charge in [-0.15, -0.1) is 0 Å². The molecule has 1 aromatic rings. The number of carbonyl (C=O) groups excluding carboxylic acids is 1. The summed E-state index contributed by atoms with van der Waals surface area (Å²) in [5.41, 5.74) is 1.18. The van der Waals surface area contributed by atoms with E-state index in [4.69, 9.17) is 0 Å². The van der Waals surface area contributed by atoms with Crippen LogP contribution in [0.2, 0.25) is 0 Å². The molecule has 4 nitrogen and oxygen atoms in total. The third kappa shape index (κ3) is 5.06. The zero-order chi connectivity index (χ0) is 16.0. The molecule has 0 heterocycles. The van der Waals surface area contributed by atoms with Crippen molar-refractivity contribution in [1.82, 2.24) is 8.75 Å². The minimum absolute atomic E-state index is 0.222. The molecule has 1 amide bonds. The summed E-state index contributed by atoms with van der Waals surface area (Å²) in [6, 6.07) is 8.03. The smallest absolute Gasteiger partial charge is 0.278 e. The number of hydrogen-bond acceptors (Lipinski definition) is 4. The second kappa shape index (κ2) is 8.28. The van der Waals surface area contributed by atoms with Crippen LogP contribution in [0.25, 0.3) is 0 Å². The molecule has 2 unspecified atom stereocenters. The molecular weight excluding hydrogens is 323 g/mol. The maximum atomic E-state index is 13.2. The van der Waals surface area contributed by atoms with Crippen LogP contribution >= 0.6 is 30.0 Å². The second-order valence-electron chi connectivity index (χ2n) is 4.86. The number of amides is 1. The molecule has 0 aromatic heterocycles. The summed E-state index contributed by atoms with van der Waals surface area (Å²) in [4.78, 5) is 12.1. The van der Waals surface area contributed by atoms with Gasteiger partial charge in [0.25, 0.3) is 0 Å². The van der Waals surface area contributed by atoms with E-state index < -0.39 is 6.65 Å². The van der Waals surface area contributed by atoms with Crippen molar-refractivity contribution in [2.24, 2.45) is 0 Å². The van der Waals surface area contributed by atoms with Gasteiger partial charge in [0.05, 0.1) is 0 Å². The molecule has 1 aromatic carbocycles. The van der Waals surface area contributed by atoms with Crippen molar-refractivity contribution in [1.29, 1.82) is 0 Å². The first kappa shape index (κ1) is 18.6.